The number of thiazole rings is 2. The van der Waals surface area contributed by atoms with Gasteiger partial charge in [-0.05, 0) is 44.8 Å². The van der Waals surface area contributed by atoms with Crippen molar-refractivity contribution >= 4 is 57.2 Å². The molecule has 1 aliphatic rings. The zero-order valence-corrected chi connectivity index (χ0v) is 19.3. The molecule has 1 aliphatic heterocycles. The molecule has 6 nitrogen and oxygen atoms in total. The molecule has 10 heteroatoms. The number of rotatable bonds is 5. The van der Waals surface area contributed by atoms with Crippen LogP contribution in [0, 0.1) is 0 Å². The molecular formula is C20H32AlLiN2O4S2. The van der Waals surface area contributed by atoms with E-state index in [0.29, 0.717) is 12.3 Å². The van der Waals surface area contributed by atoms with Crippen molar-refractivity contribution < 1.29 is 39.7 Å². The minimum absolute atomic E-state index is 0. The van der Waals surface area contributed by atoms with Crippen LogP contribution < -0.4 is 18.9 Å². The summed E-state index contributed by atoms with van der Waals surface area (Å²) in [6.07, 6.45) is 2.56. The maximum atomic E-state index is 11.2. The topological polar surface area (TPSA) is 81.5 Å². The van der Waals surface area contributed by atoms with Crippen LogP contribution in [0.4, 0.5) is 0 Å². The number of hydrogen-bond acceptors (Lipinski definition) is 8. The summed E-state index contributed by atoms with van der Waals surface area (Å²) in [5.74, 6) is -0.369. The summed E-state index contributed by atoms with van der Waals surface area (Å²) in [5, 5.41) is 13.9. The van der Waals surface area contributed by atoms with E-state index in [1.54, 1.807) is 12.3 Å². The Bertz CT molecular complexity index is 775. The van der Waals surface area contributed by atoms with Crippen LogP contribution in [0.1, 0.15) is 61.2 Å². The number of allylic oxidation sites excluding steroid dienone is 2. The number of hydrogen-bond donors (Lipinski definition) is 1. The fraction of sp³-hybridized carbons (Fsp3) is 0.450. The molecule has 3 rings (SSSR count). The Kier molecular flexibility index (Phi) is 18.8. The molecule has 0 radical (unpaired) electrons. The second kappa shape index (κ2) is 17.9. The van der Waals surface area contributed by atoms with Gasteiger partial charge in [-0.2, -0.15) is 0 Å². The number of aliphatic hydroxyl groups is 1. The fourth-order valence-electron chi connectivity index (χ4n) is 1.85. The van der Waals surface area contributed by atoms with Crippen LogP contribution in [-0.2, 0) is 16.1 Å². The Labute approximate surface area is 211 Å². The van der Waals surface area contributed by atoms with E-state index in [2.05, 4.69) is 23.1 Å². The normalized spacial score (nSPS) is 11.5. The van der Waals surface area contributed by atoms with Crippen molar-refractivity contribution in [3.05, 3.63) is 45.3 Å². The number of carbonyl (C=O) groups is 1. The van der Waals surface area contributed by atoms with Gasteiger partial charge in [-0.3, -0.25) is 0 Å². The third-order valence-electron chi connectivity index (χ3n) is 3.26. The molecule has 0 amide bonds. The van der Waals surface area contributed by atoms with Crippen LogP contribution in [0.3, 0.4) is 0 Å². The maximum absolute atomic E-state index is 11.2. The zero-order valence-electron chi connectivity index (χ0n) is 18.7. The third-order valence-corrected chi connectivity index (χ3v) is 5.32. The predicted octanol–water partition coefficient (Wildman–Crippen LogP) is 0.751. The largest absolute Gasteiger partial charge is 1.00 e. The van der Waals surface area contributed by atoms with Gasteiger partial charge in [0.15, 0.2) is 23.1 Å². The van der Waals surface area contributed by atoms with Crippen molar-refractivity contribution in [1.82, 2.24) is 9.97 Å². The first-order chi connectivity index (χ1) is 13.4. The molecule has 30 heavy (non-hydrogen) atoms. The SMILES string of the molecule is C1CCOC1.C=C(C)c1nc(C(=O)OCC)cs1.C=C(C)c1nc(CO)cs1.[AlH3].[H-].[Li+]. The molecule has 0 unspecified atom stereocenters. The van der Waals surface area contributed by atoms with Crippen molar-refractivity contribution in [2.24, 2.45) is 0 Å². The van der Waals surface area contributed by atoms with Crippen LogP contribution in [0.2, 0.25) is 0 Å². The molecule has 0 saturated carbocycles. The maximum Gasteiger partial charge on any atom is 1.00 e. The minimum atomic E-state index is -0.369. The van der Waals surface area contributed by atoms with E-state index in [1.165, 1.54) is 35.5 Å². The zero-order chi connectivity index (χ0) is 20.9. The number of aliphatic hydroxyl groups excluding tert-OH is 1. The minimum Gasteiger partial charge on any atom is -1.00 e. The second-order valence-corrected chi connectivity index (χ2v) is 7.66. The second-order valence-electron chi connectivity index (χ2n) is 5.94. The average molecular weight is 463 g/mol. The van der Waals surface area contributed by atoms with Crippen LogP contribution in [-0.4, -0.2) is 58.2 Å². The van der Waals surface area contributed by atoms with E-state index in [9.17, 15) is 4.79 Å². The summed E-state index contributed by atoms with van der Waals surface area (Å²) in [7, 11) is 0. The van der Waals surface area contributed by atoms with Crippen molar-refractivity contribution in [3.8, 4) is 0 Å². The monoisotopic (exact) mass is 462 g/mol. The molecule has 2 aromatic rings. The van der Waals surface area contributed by atoms with Gasteiger partial charge in [0.05, 0.1) is 18.9 Å². The standard InChI is InChI=1S/C9H11NO2S.C7H9NOS.C4H8O.Al.Li.4H/c1-4-12-9(11)7-5-13-8(10-7)6(2)3;1-5(2)7-8-6(3-9)4-10-7;1-2-4-5-3-1;;;;;;/h5H,2,4H2,1,3H3;4,9H,1,3H2,2H3;1-4H2;;;;;;/q;;;;+1;;;;-1. The molecule has 2 aromatic heterocycles. The van der Waals surface area contributed by atoms with E-state index < -0.39 is 0 Å². The van der Waals surface area contributed by atoms with Crippen molar-refractivity contribution in [2.45, 2.75) is 40.2 Å². The Morgan fingerprint density at radius 2 is 1.70 bits per heavy atom. The Morgan fingerprint density at radius 3 is 2.03 bits per heavy atom. The van der Waals surface area contributed by atoms with Crippen LogP contribution >= 0.6 is 22.7 Å². The third kappa shape index (κ3) is 12.2. The van der Waals surface area contributed by atoms with Crippen LogP contribution in [0.5, 0.6) is 0 Å². The van der Waals surface area contributed by atoms with E-state index in [-0.39, 0.29) is 50.2 Å². The van der Waals surface area contributed by atoms with Gasteiger partial charge in [0, 0.05) is 24.0 Å². The van der Waals surface area contributed by atoms with Gasteiger partial charge in [0.25, 0.3) is 0 Å². The van der Waals surface area contributed by atoms with Crippen molar-refractivity contribution in [3.63, 3.8) is 0 Å². The molecule has 0 aromatic carbocycles. The van der Waals surface area contributed by atoms with Crippen molar-refractivity contribution in [1.29, 1.82) is 0 Å². The molecule has 0 bridgehead atoms. The molecule has 162 valence electrons. The number of nitrogens with zero attached hydrogens (tertiary/aromatic N) is 2. The Morgan fingerprint density at radius 1 is 1.17 bits per heavy atom. The summed E-state index contributed by atoms with van der Waals surface area (Å²) in [6.45, 7) is 15.4. The Hall–Kier alpha value is -0.740. The molecule has 1 fully saturated rings. The molecule has 0 spiro atoms. The van der Waals surface area contributed by atoms with Gasteiger partial charge in [-0.15, -0.1) is 22.7 Å². The average Bonchev–Trinajstić information content (AvgIpc) is 3.45. The molecule has 0 aliphatic carbocycles. The van der Waals surface area contributed by atoms with Gasteiger partial charge in [-0.1, -0.05) is 13.2 Å². The number of aromatic nitrogens is 2. The summed E-state index contributed by atoms with van der Waals surface area (Å²) in [5.41, 5.74) is 2.90. The predicted molar refractivity (Wildman–Crippen MR) is 127 cm³/mol. The molecule has 0 atom stereocenters. The van der Waals surface area contributed by atoms with Crippen molar-refractivity contribution in [2.75, 3.05) is 19.8 Å². The quantitative estimate of drug-likeness (QED) is 0.522. The van der Waals surface area contributed by atoms with Gasteiger partial charge in [0.2, 0.25) is 0 Å². The summed E-state index contributed by atoms with van der Waals surface area (Å²) < 4.78 is 9.74. The van der Waals surface area contributed by atoms with E-state index >= 15 is 0 Å². The summed E-state index contributed by atoms with van der Waals surface area (Å²) in [6, 6.07) is 0. The number of ether oxygens (including phenoxy) is 2. The molecule has 1 N–H and O–H groups in total. The van der Waals surface area contributed by atoms with Gasteiger partial charge < -0.3 is 16.0 Å². The summed E-state index contributed by atoms with van der Waals surface area (Å²) >= 11 is 2.91. The first-order valence-electron chi connectivity index (χ1n) is 8.96. The molecule has 3 heterocycles. The van der Waals surface area contributed by atoms with Gasteiger partial charge in [-0.25, -0.2) is 14.8 Å². The number of esters is 1. The molecule has 1 saturated heterocycles. The fourth-order valence-corrected chi connectivity index (χ4v) is 3.32. The smallest absolute Gasteiger partial charge is 1.00 e. The Balaban J connectivity index is -0.000000389. The first kappa shape index (κ1) is 31.4. The van der Waals surface area contributed by atoms with Crippen LogP contribution in [0.15, 0.2) is 23.9 Å². The van der Waals surface area contributed by atoms with Gasteiger partial charge in [0.1, 0.15) is 10.0 Å². The van der Waals surface area contributed by atoms with E-state index in [0.717, 1.165) is 40.1 Å². The van der Waals surface area contributed by atoms with E-state index in [1.807, 2.05) is 19.2 Å². The van der Waals surface area contributed by atoms with E-state index in [4.69, 9.17) is 14.6 Å². The number of carbonyl (C=O) groups excluding carboxylic acids is 1. The summed E-state index contributed by atoms with van der Waals surface area (Å²) in [4.78, 5) is 19.3. The van der Waals surface area contributed by atoms with Crippen LogP contribution in [0.25, 0.3) is 11.1 Å². The van der Waals surface area contributed by atoms with Gasteiger partial charge >= 0.3 is 24.8 Å². The molecular weight excluding hydrogens is 430 g/mol. The first-order valence-corrected chi connectivity index (χ1v) is 10.7.